The number of piperidine rings is 2. The summed E-state index contributed by atoms with van der Waals surface area (Å²) in [5.74, 6) is 2.22. The fourth-order valence-corrected chi connectivity index (χ4v) is 13.9. The van der Waals surface area contributed by atoms with Gasteiger partial charge in [-0.15, -0.1) is 6.42 Å². The minimum Gasteiger partial charge on any atom is -0.461 e. The molecule has 13 rings (SSSR count). The van der Waals surface area contributed by atoms with Crippen LogP contribution in [-0.2, 0) is 21.4 Å². The van der Waals surface area contributed by atoms with Crippen LogP contribution < -0.4 is 25.2 Å². The molecule has 3 aromatic heterocycles. The first-order valence-electron chi connectivity index (χ1n) is 27.7. The number of hydrogen-bond acceptors (Lipinski definition) is 13. The number of aromatic nitrogens is 5. The lowest BCUT2D eigenvalue weighted by Gasteiger charge is -2.37. The molecule has 7 aliphatic rings. The molecule has 2 N–H and O–H groups in total. The predicted molar refractivity (Wildman–Crippen MR) is 292 cm³/mol. The van der Waals surface area contributed by atoms with Gasteiger partial charge in [-0.05, 0) is 92.9 Å². The number of imide groups is 1. The van der Waals surface area contributed by atoms with E-state index in [0.717, 1.165) is 60.6 Å². The maximum atomic E-state index is 17.3. The van der Waals surface area contributed by atoms with Crippen LogP contribution in [-0.4, -0.2) is 153 Å². The van der Waals surface area contributed by atoms with Gasteiger partial charge in [0.15, 0.2) is 11.6 Å². The van der Waals surface area contributed by atoms with Crippen molar-refractivity contribution in [2.75, 3.05) is 75.4 Å². The number of pyridine rings is 1. The summed E-state index contributed by atoms with van der Waals surface area (Å²) in [4.78, 5) is 75.9. The van der Waals surface area contributed by atoms with E-state index in [1.165, 1.54) is 11.0 Å². The number of piperazine rings is 1. The van der Waals surface area contributed by atoms with Crippen molar-refractivity contribution in [3.8, 4) is 29.6 Å². The number of aryl methyl sites for hydroxylation is 1. The molecule has 0 spiro atoms. The number of halogens is 2. The molecule has 0 radical (unpaired) electrons. The molecule has 0 aliphatic carbocycles. The Morgan fingerprint density at radius 1 is 0.911 bits per heavy atom. The molecule has 0 saturated carbocycles. The van der Waals surface area contributed by atoms with Crippen molar-refractivity contribution >= 4 is 68.2 Å². The summed E-state index contributed by atoms with van der Waals surface area (Å²) >= 11 is 0. The van der Waals surface area contributed by atoms with E-state index in [1.807, 2.05) is 18.0 Å². The maximum absolute atomic E-state index is 17.3. The zero-order valence-electron chi connectivity index (χ0n) is 44.2. The lowest BCUT2D eigenvalue weighted by atomic mass is 9.87. The molecule has 18 nitrogen and oxygen atoms in total. The molecule has 79 heavy (non-hydrogen) atoms. The first-order chi connectivity index (χ1) is 38.3. The van der Waals surface area contributed by atoms with E-state index < -0.39 is 23.2 Å². The summed E-state index contributed by atoms with van der Waals surface area (Å²) in [6.07, 6.45) is 14.3. The van der Waals surface area contributed by atoms with Gasteiger partial charge in [0.05, 0.1) is 22.0 Å². The predicted octanol–water partition coefficient (Wildman–Crippen LogP) is 7.17. The standard InChI is InChI=1S/C59H62F2N12O6/c1-4-42-46(60)13-9-36-6-5-7-44(49(36)42)51-50(61)52-45(28-62-51)53(71-30-39-10-11-40(31-71)63-39)66-56(65-52)79-33-59-20-14-41(73(59)29-34(2)27-59)32-78-58(77)70-23-17-37(18-24-70)55(75)69-21-15-35(16-22-69)38-8-12-43-47(26-38)68(3)67-54(43)72-25-19-48(74)64-57(72)76/h1,5-9,12-13,26,28,35,37,39-41,63H,2,10-11,14-25,27,29-33H2,3H3,(H,64,74,76)/t39-,40+,41-,59-/m1/s1. The number of terminal acetylenes is 1. The summed E-state index contributed by atoms with van der Waals surface area (Å²) in [5, 5.41) is 13.0. The maximum Gasteiger partial charge on any atom is 0.409 e. The van der Waals surface area contributed by atoms with Gasteiger partial charge in [-0.2, -0.15) is 15.1 Å². The molecule has 5 amide bonds. The quantitative estimate of drug-likeness (QED) is 0.104. The second-order valence-electron chi connectivity index (χ2n) is 22.7. The van der Waals surface area contributed by atoms with Crippen molar-refractivity contribution in [3.63, 3.8) is 0 Å². The number of fused-ring (bicyclic) bond motifs is 6. The Hall–Kier alpha value is -7.76. The molecule has 20 heteroatoms. The molecular formula is C59H62F2N12O6. The summed E-state index contributed by atoms with van der Waals surface area (Å²) in [7, 11) is 1.85. The van der Waals surface area contributed by atoms with E-state index in [9.17, 15) is 19.2 Å². The second kappa shape index (κ2) is 20.2. The van der Waals surface area contributed by atoms with Gasteiger partial charge < -0.3 is 29.5 Å². The van der Waals surface area contributed by atoms with Gasteiger partial charge in [0.2, 0.25) is 11.8 Å². The van der Waals surface area contributed by atoms with Gasteiger partial charge in [-0.3, -0.25) is 34.4 Å². The lowest BCUT2D eigenvalue weighted by Crippen LogP contribution is -2.51. The third-order valence-electron chi connectivity index (χ3n) is 17.9. The first kappa shape index (κ1) is 50.7. The van der Waals surface area contributed by atoms with Crippen molar-refractivity contribution < 1.29 is 37.4 Å². The number of urea groups is 1. The van der Waals surface area contributed by atoms with E-state index in [0.29, 0.717) is 98.4 Å². The zero-order chi connectivity index (χ0) is 54.3. The van der Waals surface area contributed by atoms with Gasteiger partial charge in [-0.1, -0.05) is 48.4 Å². The molecule has 6 aromatic rings. The van der Waals surface area contributed by atoms with E-state index in [1.54, 1.807) is 40.0 Å². The average Bonchev–Trinajstić information content (AvgIpc) is 4.31. The van der Waals surface area contributed by atoms with Crippen LogP contribution in [0.25, 0.3) is 43.8 Å². The van der Waals surface area contributed by atoms with Crippen LogP contribution in [0.2, 0.25) is 0 Å². The van der Waals surface area contributed by atoms with Crippen LogP contribution >= 0.6 is 0 Å². The Bertz CT molecular complexity index is 3540. The average molecular weight is 1070 g/mol. The molecule has 7 saturated heterocycles. The third kappa shape index (κ3) is 9.13. The van der Waals surface area contributed by atoms with Gasteiger partial charge >= 0.3 is 18.1 Å². The SMILES string of the molecule is C#Cc1c(F)ccc2cccc(-c3ncc4c(N5C[C@H]6CC[C@@H](C5)N6)nc(OC[C@]56CC[C@H](COC(=O)N7CCC(C(=O)N8CCC(c9ccc%10c(N%11CCC(=O)NC%11=O)nn(C)c%10c9)CC8)CC7)N5CC(=C)C6)nc4c3F)c12. The number of nitrogens with one attached hydrogen (secondary N) is 2. The molecular weight excluding hydrogens is 1010 g/mol. The highest BCUT2D eigenvalue weighted by molar-refractivity contribution is 6.09. The van der Waals surface area contributed by atoms with E-state index in [4.69, 9.17) is 25.9 Å². The largest absolute Gasteiger partial charge is 0.461 e. The molecule has 4 atom stereocenters. The first-order valence-corrected chi connectivity index (χ1v) is 27.7. The lowest BCUT2D eigenvalue weighted by molar-refractivity contribution is -0.138. The highest BCUT2D eigenvalue weighted by atomic mass is 19.1. The van der Waals surface area contributed by atoms with Crippen molar-refractivity contribution in [1.82, 2.24) is 50.1 Å². The van der Waals surface area contributed by atoms with Gasteiger partial charge in [0, 0.05) is 112 Å². The van der Waals surface area contributed by atoms with Gasteiger partial charge in [0.1, 0.15) is 36.1 Å². The minimum absolute atomic E-state index is 0.00555. The Balaban J connectivity index is 0.639. The number of nitrogens with zero attached hydrogens (tertiary/aromatic N) is 10. The van der Waals surface area contributed by atoms with Crippen LogP contribution in [0.15, 0.2) is 66.9 Å². The zero-order valence-corrected chi connectivity index (χ0v) is 44.2. The number of ether oxygens (including phenoxy) is 2. The van der Waals surface area contributed by atoms with Crippen LogP contribution in [0, 0.1) is 29.9 Å². The van der Waals surface area contributed by atoms with Crippen molar-refractivity contribution in [1.29, 1.82) is 0 Å². The summed E-state index contributed by atoms with van der Waals surface area (Å²) in [5.41, 5.74) is 3.07. The Kier molecular flexibility index (Phi) is 12.9. The Morgan fingerprint density at radius 2 is 1.70 bits per heavy atom. The minimum atomic E-state index is -0.685. The van der Waals surface area contributed by atoms with Crippen LogP contribution in [0.3, 0.4) is 0 Å². The van der Waals surface area contributed by atoms with Crippen LogP contribution in [0.4, 0.5) is 30.0 Å². The number of amides is 5. The Morgan fingerprint density at radius 3 is 2.47 bits per heavy atom. The van der Waals surface area contributed by atoms with Gasteiger partial charge in [0.25, 0.3) is 0 Å². The van der Waals surface area contributed by atoms with Crippen molar-refractivity contribution in [2.45, 2.75) is 93.8 Å². The number of hydrogen-bond donors (Lipinski definition) is 2. The number of benzene rings is 3. The Labute approximate surface area is 455 Å². The van der Waals surface area contributed by atoms with E-state index in [2.05, 4.69) is 55.1 Å². The molecule has 7 fully saturated rings. The summed E-state index contributed by atoms with van der Waals surface area (Å²) < 4.78 is 46.8. The number of anilines is 2. The second-order valence-corrected chi connectivity index (χ2v) is 22.7. The molecule has 10 heterocycles. The highest BCUT2D eigenvalue weighted by Gasteiger charge is 2.52. The van der Waals surface area contributed by atoms with Crippen molar-refractivity contribution in [2.24, 2.45) is 13.0 Å². The normalized spacial score (nSPS) is 24.0. The van der Waals surface area contributed by atoms with Crippen LogP contribution in [0.1, 0.15) is 81.3 Å². The molecule has 3 aromatic carbocycles. The summed E-state index contributed by atoms with van der Waals surface area (Å²) in [6, 6.07) is 14.4. The molecule has 2 bridgehead atoms. The highest BCUT2D eigenvalue weighted by Crippen LogP contribution is 2.45. The molecule has 0 unspecified atom stereocenters. The van der Waals surface area contributed by atoms with Crippen LogP contribution in [0.5, 0.6) is 6.01 Å². The fourth-order valence-electron chi connectivity index (χ4n) is 13.9. The fraction of sp³-hybridized carbons (Fsp3) is 0.458. The van der Waals surface area contributed by atoms with E-state index >= 15 is 8.78 Å². The third-order valence-corrected chi connectivity index (χ3v) is 17.9. The smallest absolute Gasteiger partial charge is 0.409 e. The number of rotatable bonds is 10. The molecule has 408 valence electrons. The molecule has 7 aliphatic heterocycles. The number of likely N-dealkylation sites (tertiary alicyclic amines) is 2. The monoisotopic (exact) mass is 1070 g/mol. The van der Waals surface area contributed by atoms with E-state index in [-0.39, 0.29) is 96.8 Å². The van der Waals surface area contributed by atoms with Gasteiger partial charge in [-0.25, -0.2) is 18.4 Å². The number of carbonyl (C=O) groups is 4. The van der Waals surface area contributed by atoms with Crippen molar-refractivity contribution in [3.05, 3.63) is 89.6 Å². The summed E-state index contributed by atoms with van der Waals surface area (Å²) in [6.45, 7) is 9.18. The topological polar surface area (TPSA) is 183 Å². The number of carbonyl (C=O) groups excluding carboxylic acids is 4.